The van der Waals surface area contributed by atoms with Crippen LogP contribution < -0.4 is 20.1 Å². The van der Waals surface area contributed by atoms with Crippen LogP contribution in [0.1, 0.15) is 32.9 Å². The minimum Gasteiger partial charge on any atom is -0.454 e. The summed E-state index contributed by atoms with van der Waals surface area (Å²) < 4.78 is 10.7. The first-order chi connectivity index (χ1) is 14.0. The average molecular weight is 390 g/mol. The van der Waals surface area contributed by atoms with Gasteiger partial charge in [-0.15, -0.1) is 0 Å². The van der Waals surface area contributed by atoms with E-state index in [1.54, 1.807) is 6.07 Å². The number of fused-ring (bicyclic) bond motifs is 1. The number of aryl methyl sites for hydroxylation is 2. The summed E-state index contributed by atoms with van der Waals surface area (Å²) >= 11 is 0. The molecule has 0 saturated heterocycles. The van der Waals surface area contributed by atoms with Crippen molar-refractivity contribution in [3.8, 4) is 11.5 Å². The molecule has 7 nitrogen and oxygen atoms in total. The number of nitrogens with one attached hydrogen (secondary N) is 2. The smallest absolute Gasteiger partial charge is 0.274 e. The predicted molar refractivity (Wildman–Crippen MR) is 111 cm³/mol. The van der Waals surface area contributed by atoms with Gasteiger partial charge in [0.25, 0.3) is 5.91 Å². The Morgan fingerprint density at radius 1 is 1.03 bits per heavy atom. The van der Waals surface area contributed by atoms with E-state index in [1.807, 2.05) is 57.2 Å². The first-order valence-corrected chi connectivity index (χ1v) is 9.35. The summed E-state index contributed by atoms with van der Waals surface area (Å²) in [6.07, 6.45) is 0. The van der Waals surface area contributed by atoms with Crippen molar-refractivity contribution in [2.45, 2.75) is 27.3 Å². The minimum atomic E-state index is -0.268. The number of carbonyl (C=O) groups is 1. The molecule has 0 bridgehead atoms. The van der Waals surface area contributed by atoms with Crippen LogP contribution in [-0.4, -0.2) is 22.7 Å². The van der Waals surface area contributed by atoms with Gasteiger partial charge in [-0.05, 0) is 61.7 Å². The van der Waals surface area contributed by atoms with Crippen LogP contribution in [0.25, 0.3) is 0 Å². The van der Waals surface area contributed by atoms with Crippen LogP contribution in [0.3, 0.4) is 0 Å². The van der Waals surface area contributed by atoms with E-state index < -0.39 is 0 Å². The molecule has 1 amide bonds. The number of anilines is 2. The zero-order valence-electron chi connectivity index (χ0n) is 16.6. The number of hydrogen-bond donors (Lipinski definition) is 2. The van der Waals surface area contributed by atoms with Gasteiger partial charge in [-0.2, -0.15) is 0 Å². The molecule has 2 aromatic carbocycles. The second-order valence-corrected chi connectivity index (χ2v) is 6.96. The third-order valence-electron chi connectivity index (χ3n) is 4.83. The van der Waals surface area contributed by atoms with Gasteiger partial charge in [-0.3, -0.25) is 4.79 Å². The maximum atomic E-state index is 12.7. The van der Waals surface area contributed by atoms with Gasteiger partial charge in [0, 0.05) is 17.9 Å². The molecule has 3 aromatic rings. The van der Waals surface area contributed by atoms with Crippen molar-refractivity contribution >= 4 is 17.5 Å². The SMILES string of the molecule is Cc1cc(C(=O)Nc2cccc(C)c2C)nc(NCc2ccc3c(c2)OCO3)n1. The van der Waals surface area contributed by atoms with Gasteiger partial charge in [-0.1, -0.05) is 18.2 Å². The molecule has 0 fully saturated rings. The number of hydrogen-bond acceptors (Lipinski definition) is 6. The lowest BCUT2D eigenvalue weighted by Crippen LogP contribution is -2.17. The molecule has 148 valence electrons. The summed E-state index contributed by atoms with van der Waals surface area (Å²) in [4.78, 5) is 21.5. The Labute approximate surface area is 169 Å². The van der Waals surface area contributed by atoms with E-state index in [4.69, 9.17) is 9.47 Å². The molecule has 29 heavy (non-hydrogen) atoms. The van der Waals surface area contributed by atoms with Crippen LogP contribution >= 0.6 is 0 Å². The third kappa shape index (κ3) is 4.13. The molecular weight excluding hydrogens is 368 g/mol. The summed E-state index contributed by atoms with van der Waals surface area (Å²) in [5.41, 5.74) is 4.95. The number of rotatable bonds is 5. The second-order valence-electron chi connectivity index (χ2n) is 6.96. The van der Waals surface area contributed by atoms with E-state index in [1.165, 1.54) is 0 Å². The summed E-state index contributed by atoms with van der Waals surface area (Å²) in [5, 5.41) is 6.11. The van der Waals surface area contributed by atoms with Crippen LogP contribution in [0.15, 0.2) is 42.5 Å². The molecule has 2 heterocycles. The summed E-state index contributed by atoms with van der Waals surface area (Å²) in [6.45, 7) is 6.57. The van der Waals surface area contributed by atoms with Crippen molar-refractivity contribution in [1.29, 1.82) is 0 Å². The summed E-state index contributed by atoms with van der Waals surface area (Å²) in [6, 6.07) is 13.2. The number of benzene rings is 2. The van der Waals surface area contributed by atoms with Crippen molar-refractivity contribution in [1.82, 2.24) is 9.97 Å². The van der Waals surface area contributed by atoms with E-state index in [0.717, 1.165) is 33.9 Å². The van der Waals surface area contributed by atoms with E-state index >= 15 is 0 Å². The Kier molecular flexibility index (Phi) is 5.03. The molecular formula is C22H22N4O3. The summed E-state index contributed by atoms with van der Waals surface area (Å²) in [7, 11) is 0. The van der Waals surface area contributed by atoms with Crippen molar-refractivity contribution in [2.75, 3.05) is 17.4 Å². The molecule has 0 spiro atoms. The Morgan fingerprint density at radius 2 is 1.86 bits per heavy atom. The van der Waals surface area contributed by atoms with E-state index in [0.29, 0.717) is 23.9 Å². The lowest BCUT2D eigenvalue weighted by molar-refractivity contribution is 0.102. The number of amides is 1. The molecule has 4 rings (SSSR count). The molecule has 0 aliphatic carbocycles. The largest absolute Gasteiger partial charge is 0.454 e. The molecule has 7 heteroatoms. The van der Waals surface area contributed by atoms with Gasteiger partial charge in [0.1, 0.15) is 5.69 Å². The van der Waals surface area contributed by atoms with Crippen molar-refractivity contribution in [3.63, 3.8) is 0 Å². The van der Waals surface area contributed by atoms with E-state index in [-0.39, 0.29) is 12.7 Å². The normalized spacial score (nSPS) is 12.0. The quantitative estimate of drug-likeness (QED) is 0.685. The topological polar surface area (TPSA) is 85.4 Å². The first-order valence-electron chi connectivity index (χ1n) is 9.35. The molecule has 1 aromatic heterocycles. The highest BCUT2D eigenvalue weighted by atomic mass is 16.7. The number of aromatic nitrogens is 2. The first kappa shape index (κ1) is 18.7. The highest BCUT2D eigenvalue weighted by Crippen LogP contribution is 2.32. The van der Waals surface area contributed by atoms with Gasteiger partial charge >= 0.3 is 0 Å². The fourth-order valence-electron chi connectivity index (χ4n) is 3.07. The third-order valence-corrected chi connectivity index (χ3v) is 4.83. The molecule has 0 saturated carbocycles. The second kappa shape index (κ2) is 7.79. The number of nitrogens with zero attached hydrogens (tertiary/aromatic N) is 2. The van der Waals surface area contributed by atoms with E-state index in [9.17, 15) is 4.79 Å². The minimum absolute atomic E-state index is 0.242. The molecule has 0 unspecified atom stereocenters. The van der Waals surface area contributed by atoms with Gasteiger partial charge in [-0.25, -0.2) is 9.97 Å². The zero-order chi connectivity index (χ0) is 20.4. The fraction of sp³-hybridized carbons (Fsp3) is 0.227. The van der Waals surface area contributed by atoms with Crippen molar-refractivity contribution in [2.24, 2.45) is 0 Å². The van der Waals surface area contributed by atoms with Crippen LogP contribution in [-0.2, 0) is 6.54 Å². The molecule has 0 radical (unpaired) electrons. The standard InChI is InChI=1S/C22H22N4O3/c1-13-5-4-6-17(15(13)3)25-21(27)18-9-14(2)24-22(26-18)23-11-16-7-8-19-20(10-16)29-12-28-19/h4-10H,11-12H2,1-3H3,(H,25,27)(H,23,24,26). The molecule has 1 aliphatic rings. The maximum Gasteiger partial charge on any atom is 0.274 e. The fourth-order valence-corrected chi connectivity index (χ4v) is 3.07. The number of ether oxygens (including phenoxy) is 2. The Balaban J connectivity index is 1.48. The van der Waals surface area contributed by atoms with Crippen LogP contribution in [0.2, 0.25) is 0 Å². The lowest BCUT2D eigenvalue weighted by Gasteiger charge is -2.11. The molecule has 0 atom stereocenters. The Bertz CT molecular complexity index is 1080. The Morgan fingerprint density at radius 3 is 2.72 bits per heavy atom. The zero-order valence-corrected chi connectivity index (χ0v) is 16.6. The molecule has 1 aliphatic heterocycles. The highest BCUT2D eigenvalue weighted by Gasteiger charge is 2.15. The van der Waals surface area contributed by atoms with E-state index in [2.05, 4.69) is 20.6 Å². The summed E-state index contributed by atoms with van der Waals surface area (Å²) in [5.74, 6) is 1.60. The Hall–Kier alpha value is -3.61. The van der Waals surface area contributed by atoms with Gasteiger partial charge in [0.2, 0.25) is 12.7 Å². The number of carbonyl (C=O) groups excluding carboxylic acids is 1. The van der Waals surface area contributed by atoms with Gasteiger partial charge in [0.05, 0.1) is 0 Å². The van der Waals surface area contributed by atoms with Crippen LogP contribution in [0.4, 0.5) is 11.6 Å². The predicted octanol–water partition coefficient (Wildman–Crippen LogP) is 3.99. The van der Waals surface area contributed by atoms with Gasteiger partial charge in [0.15, 0.2) is 11.5 Å². The molecule has 2 N–H and O–H groups in total. The van der Waals surface area contributed by atoms with Gasteiger partial charge < -0.3 is 20.1 Å². The van der Waals surface area contributed by atoms with Crippen molar-refractivity contribution in [3.05, 3.63) is 70.5 Å². The van der Waals surface area contributed by atoms with Crippen LogP contribution in [0, 0.1) is 20.8 Å². The van der Waals surface area contributed by atoms with Crippen LogP contribution in [0.5, 0.6) is 11.5 Å². The highest BCUT2D eigenvalue weighted by molar-refractivity contribution is 6.03. The van der Waals surface area contributed by atoms with Crippen molar-refractivity contribution < 1.29 is 14.3 Å². The lowest BCUT2D eigenvalue weighted by atomic mass is 10.1. The monoisotopic (exact) mass is 390 g/mol. The maximum absolute atomic E-state index is 12.7. The average Bonchev–Trinajstić information content (AvgIpc) is 3.17.